The SMILES string of the molecule is CC(C)[C@@H](CO)NC(=O)[C@H](C)N. The third kappa shape index (κ3) is 3.69. The van der Waals surface area contributed by atoms with Crippen LogP contribution in [0, 0.1) is 5.92 Å². The van der Waals surface area contributed by atoms with Gasteiger partial charge in [-0.15, -0.1) is 0 Å². The Morgan fingerprint density at radius 1 is 1.50 bits per heavy atom. The van der Waals surface area contributed by atoms with Crippen molar-refractivity contribution in [2.45, 2.75) is 32.9 Å². The average Bonchev–Trinajstić information content (AvgIpc) is 1.98. The molecule has 4 heteroatoms. The largest absolute Gasteiger partial charge is 0.394 e. The van der Waals surface area contributed by atoms with Gasteiger partial charge in [-0.2, -0.15) is 0 Å². The fourth-order valence-electron chi connectivity index (χ4n) is 0.737. The number of nitrogens with two attached hydrogens (primary N) is 1. The van der Waals surface area contributed by atoms with Crippen LogP contribution in [0.3, 0.4) is 0 Å². The van der Waals surface area contributed by atoms with E-state index in [1.54, 1.807) is 6.92 Å². The van der Waals surface area contributed by atoms with Crippen LogP contribution in [0.1, 0.15) is 20.8 Å². The maximum atomic E-state index is 11.1. The normalized spacial score (nSPS) is 15.8. The highest BCUT2D eigenvalue weighted by molar-refractivity contribution is 5.81. The van der Waals surface area contributed by atoms with Crippen LogP contribution in [0.15, 0.2) is 0 Å². The predicted octanol–water partition coefficient (Wildman–Crippen LogP) is -0.533. The highest BCUT2D eigenvalue weighted by atomic mass is 16.3. The molecule has 0 bridgehead atoms. The number of hydrogen-bond acceptors (Lipinski definition) is 3. The first-order valence-corrected chi connectivity index (χ1v) is 4.15. The molecule has 0 aliphatic heterocycles. The van der Waals surface area contributed by atoms with Gasteiger partial charge in [-0.3, -0.25) is 4.79 Å². The molecule has 0 saturated heterocycles. The summed E-state index contributed by atoms with van der Waals surface area (Å²) in [6.45, 7) is 5.44. The maximum Gasteiger partial charge on any atom is 0.236 e. The molecule has 0 radical (unpaired) electrons. The van der Waals surface area contributed by atoms with Crippen LogP contribution >= 0.6 is 0 Å². The number of nitrogens with one attached hydrogen (secondary N) is 1. The first-order chi connectivity index (χ1) is 5.49. The first-order valence-electron chi connectivity index (χ1n) is 4.15. The smallest absolute Gasteiger partial charge is 0.236 e. The fraction of sp³-hybridized carbons (Fsp3) is 0.875. The third-order valence-corrected chi connectivity index (χ3v) is 1.74. The Hall–Kier alpha value is -0.610. The van der Waals surface area contributed by atoms with E-state index in [9.17, 15) is 4.79 Å². The van der Waals surface area contributed by atoms with Gasteiger partial charge in [-0.05, 0) is 12.8 Å². The summed E-state index contributed by atoms with van der Waals surface area (Å²) in [7, 11) is 0. The molecular weight excluding hydrogens is 156 g/mol. The zero-order chi connectivity index (χ0) is 9.72. The second-order valence-electron chi connectivity index (χ2n) is 3.33. The minimum atomic E-state index is -0.516. The summed E-state index contributed by atoms with van der Waals surface area (Å²) in [6.07, 6.45) is 0. The van der Waals surface area contributed by atoms with Crippen molar-refractivity contribution in [3.63, 3.8) is 0 Å². The Morgan fingerprint density at radius 3 is 2.25 bits per heavy atom. The predicted molar refractivity (Wildman–Crippen MR) is 47.5 cm³/mol. The molecule has 0 saturated carbocycles. The number of amides is 1. The molecule has 0 aliphatic carbocycles. The number of rotatable bonds is 4. The van der Waals surface area contributed by atoms with E-state index in [-0.39, 0.29) is 24.5 Å². The van der Waals surface area contributed by atoms with E-state index in [2.05, 4.69) is 5.32 Å². The molecule has 0 unspecified atom stereocenters. The van der Waals surface area contributed by atoms with Crippen LogP contribution < -0.4 is 11.1 Å². The Kier molecular flexibility index (Phi) is 4.85. The summed E-state index contributed by atoms with van der Waals surface area (Å²) in [5.74, 6) is 0.000417. The van der Waals surface area contributed by atoms with Gasteiger partial charge < -0.3 is 16.2 Å². The molecule has 2 atom stereocenters. The van der Waals surface area contributed by atoms with Gasteiger partial charge in [-0.1, -0.05) is 13.8 Å². The van der Waals surface area contributed by atoms with Gasteiger partial charge in [0.15, 0.2) is 0 Å². The summed E-state index contributed by atoms with van der Waals surface area (Å²) >= 11 is 0. The summed E-state index contributed by atoms with van der Waals surface area (Å²) in [6, 6.07) is -0.707. The van der Waals surface area contributed by atoms with Gasteiger partial charge in [0.05, 0.1) is 18.7 Å². The summed E-state index contributed by atoms with van der Waals surface area (Å²) in [4.78, 5) is 11.1. The second-order valence-corrected chi connectivity index (χ2v) is 3.33. The van der Waals surface area contributed by atoms with Crippen LogP contribution in [0.2, 0.25) is 0 Å². The molecule has 0 aromatic carbocycles. The van der Waals surface area contributed by atoms with Crippen LogP contribution in [-0.2, 0) is 4.79 Å². The Morgan fingerprint density at radius 2 is 2.00 bits per heavy atom. The fourth-order valence-corrected chi connectivity index (χ4v) is 0.737. The minimum absolute atomic E-state index is 0.0455. The van der Waals surface area contributed by atoms with Crippen LogP contribution in [0.25, 0.3) is 0 Å². The van der Waals surface area contributed by atoms with Gasteiger partial charge in [0.2, 0.25) is 5.91 Å². The zero-order valence-corrected chi connectivity index (χ0v) is 7.87. The van der Waals surface area contributed by atoms with E-state index in [1.165, 1.54) is 0 Å². The number of aliphatic hydroxyl groups excluding tert-OH is 1. The van der Waals surface area contributed by atoms with Crippen molar-refractivity contribution >= 4 is 5.91 Å². The Balaban J connectivity index is 3.94. The minimum Gasteiger partial charge on any atom is -0.394 e. The molecule has 4 nitrogen and oxygen atoms in total. The Labute approximate surface area is 73.1 Å². The van der Waals surface area contributed by atoms with Gasteiger partial charge in [0.1, 0.15) is 0 Å². The molecule has 0 heterocycles. The van der Waals surface area contributed by atoms with Gasteiger partial charge in [0.25, 0.3) is 0 Å². The van der Waals surface area contributed by atoms with Crippen molar-refractivity contribution in [2.24, 2.45) is 11.7 Å². The van der Waals surface area contributed by atoms with E-state index >= 15 is 0 Å². The summed E-state index contributed by atoms with van der Waals surface area (Å²) in [5, 5.41) is 11.5. The summed E-state index contributed by atoms with van der Waals surface area (Å²) < 4.78 is 0. The van der Waals surface area contributed by atoms with Crippen molar-refractivity contribution in [3.8, 4) is 0 Å². The van der Waals surface area contributed by atoms with Crippen molar-refractivity contribution in [1.82, 2.24) is 5.32 Å². The van der Waals surface area contributed by atoms with Crippen molar-refractivity contribution in [3.05, 3.63) is 0 Å². The molecule has 0 aliphatic rings. The van der Waals surface area contributed by atoms with Crippen LogP contribution in [-0.4, -0.2) is 29.7 Å². The van der Waals surface area contributed by atoms with Crippen molar-refractivity contribution in [1.29, 1.82) is 0 Å². The highest BCUT2D eigenvalue weighted by Crippen LogP contribution is 2.00. The monoisotopic (exact) mass is 174 g/mol. The lowest BCUT2D eigenvalue weighted by Crippen LogP contribution is -2.47. The van der Waals surface area contributed by atoms with Crippen LogP contribution in [0.5, 0.6) is 0 Å². The van der Waals surface area contributed by atoms with E-state index in [4.69, 9.17) is 10.8 Å². The highest BCUT2D eigenvalue weighted by Gasteiger charge is 2.16. The Bertz CT molecular complexity index is 146. The van der Waals surface area contributed by atoms with E-state index in [0.29, 0.717) is 0 Å². The van der Waals surface area contributed by atoms with Crippen molar-refractivity contribution in [2.75, 3.05) is 6.61 Å². The molecule has 12 heavy (non-hydrogen) atoms. The third-order valence-electron chi connectivity index (χ3n) is 1.74. The number of aliphatic hydroxyl groups is 1. The first kappa shape index (κ1) is 11.4. The topological polar surface area (TPSA) is 75.3 Å². The average molecular weight is 174 g/mol. The molecule has 72 valence electrons. The number of carbonyl (C=O) groups excluding carboxylic acids is 1. The lowest BCUT2D eigenvalue weighted by Gasteiger charge is -2.20. The van der Waals surface area contributed by atoms with E-state index < -0.39 is 6.04 Å². The second kappa shape index (κ2) is 5.11. The van der Waals surface area contributed by atoms with E-state index in [0.717, 1.165) is 0 Å². The number of hydrogen-bond donors (Lipinski definition) is 3. The van der Waals surface area contributed by atoms with Crippen LogP contribution in [0.4, 0.5) is 0 Å². The van der Waals surface area contributed by atoms with Gasteiger partial charge in [0, 0.05) is 0 Å². The molecule has 0 fully saturated rings. The van der Waals surface area contributed by atoms with Gasteiger partial charge >= 0.3 is 0 Å². The molecule has 1 amide bonds. The standard InChI is InChI=1S/C8H18N2O2/c1-5(2)7(4-11)10-8(12)6(3)9/h5-7,11H,4,9H2,1-3H3,(H,10,12)/t6-,7+/m0/s1. The molecule has 4 N–H and O–H groups in total. The maximum absolute atomic E-state index is 11.1. The molecular formula is C8H18N2O2. The quantitative estimate of drug-likeness (QED) is 0.536. The number of carbonyl (C=O) groups is 1. The zero-order valence-electron chi connectivity index (χ0n) is 7.87. The van der Waals surface area contributed by atoms with Gasteiger partial charge in [-0.25, -0.2) is 0 Å². The van der Waals surface area contributed by atoms with Crippen molar-refractivity contribution < 1.29 is 9.90 Å². The summed E-state index contributed by atoms with van der Waals surface area (Å²) in [5.41, 5.74) is 5.35. The molecule has 0 aromatic rings. The molecule has 0 aromatic heterocycles. The lowest BCUT2D eigenvalue weighted by atomic mass is 10.1. The molecule has 0 rings (SSSR count). The lowest BCUT2D eigenvalue weighted by molar-refractivity contribution is -0.123. The van der Waals surface area contributed by atoms with E-state index in [1.807, 2.05) is 13.8 Å². The molecule has 0 spiro atoms.